The average Bonchev–Trinajstić information content (AvgIpc) is 4.08. The van der Waals surface area contributed by atoms with Crippen molar-refractivity contribution in [3.05, 3.63) is 240 Å². The Labute approximate surface area is 357 Å². The normalized spacial score (nSPS) is 15.6. The maximum Gasteiger partial charge on any atom is 0.0462 e. The Morgan fingerprint density at radius 3 is 0.967 bits per heavy atom. The minimum absolute atomic E-state index is 0.602. The van der Waals surface area contributed by atoms with Crippen LogP contribution in [0.1, 0.15) is 76.8 Å². The molecule has 2 saturated carbocycles. The molecule has 2 aliphatic carbocycles. The Hall–Kier alpha value is -6.64. The second kappa shape index (κ2) is 17.7. The number of aryl methyl sites for hydroxylation is 3. The van der Waals surface area contributed by atoms with Gasteiger partial charge >= 0.3 is 0 Å². The molecule has 2 aliphatic rings. The first kappa shape index (κ1) is 38.9. The van der Waals surface area contributed by atoms with E-state index in [4.69, 9.17) is 0 Å². The lowest BCUT2D eigenvalue weighted by molar-refractivity contribution is 0.420. The molecule has 2 heteroatoms. The van der Waals surface area contributed by atoms with Gasteiger partial charge < -0.3 is 9.80 Å². The molecule has 2 atom stereocenters. The van der Waals surface area contributed by atoms with Crippen LogP contribution in [0.15, 0.2) is 206 Å². The van der Waals surface area contributed by atoms with E-state index in [0.717, 1.165) is 28.7 Å². The molecule has 2 nitrogen and oxygen atoms in total. The van der Waals surface area contributed by atoms with E-state index in [1.165, 1.54) is 81.6 Å². The van der Waals surface area contributed by atoms with Crippen molar-refractivity contribution in [3.8, 4) is 11.1 Å². The lowest BCUT2D eigenvalue weighted by Crippen LogP contribution is -2.11. The summed E-state index contributed by atoms with van der Waals surface area (Å²) in [5.74, 6) is 1.96. The van der Waals surface area contributed by atoms with Gasteiger partial charge in [-0.1, -0.05) is 157 Å². The van der Waals surface area contributed by atoms with Gasteiger partial charge in [-0.25, -0.2) is 0 Å². The summed E-state index contributed by atoms with van der Waals surface area (Å²) >= 11 is 0. The van der Waals surface area contributed by atoms with Gasteiger partial charge in [0.05, 0.1) is 0 Å². The molecule has 0 amide bonds. The number of para-hydroxylation sites is 2. The highest BCUT2D eigenvalue weighted by Gasteiger charge is 2.39. The van der Waals surface area contributed by atoms with Gasteiger partial charge in [-0.05, 0) is 158 Å². The molecule has 0 aromatic heterocycles. The molecule has 0 spiro atoms. The second-order valence-corrected chi connectivity index (χ2v) is 16.8. The molecule has 0 saturated heterocycles. The lowest BCUT2D eigenvalue weighted by atomic mass is 9.80. The minimum Gasteiger partial charge on any atom is -0.311 e. The fraction of sp³-hybridized carbons (Fsp3) is 0.172. The molecular formula is C58H54N2. The molecule has 2 fully saturated rings. The van der Waals surface area contributed by atoms with Crippen molar-refractivity contribution in [2.75, 3.05) is 9.80 Å². The van der Waals surface area contributed by atoms with Crippen molar-refractivity contribution >= 4 is 34.1 Å². The Morgan fingerprint density at radius 2 is 0.617 bits per heavy atom. The number of hydrogen-bond acceptors (Lipinski definition) is 2. The number of hydrogen-bond donors (Lipinski definition) is 0. The number of rotatable bonds is 10. The summed E-state index contributed by atoms with van der Waals surface area (Å²) in [4.78, 5) is 4.71. The molecule has 0 heterocycles. The van der Waals surface area contributed by atoms with E-state index in [1.807, 2.05) is 0 Å². The Kier molecular flexibility index (Phi) is 11.5. The molecule has 2 unspecified atom stereocenters. The third kappa shape index (κ3) is 8.84. The van der Waals surface area contributed by atoms with E-state index >= 15 is 0 Å². The van der Waals surface area contributed by atoms with Crippen LogP contribution in [0.25, 0.3) is 11.1 Å². The fourth-order valence-corrected chi connectivity index (χ4v) is 8.54. The van der Waals surface area contributed by atoms with Crippen molar-refractivity contribution < 1.29 is 0 Å². The highest BCUT2D eigenvalue weighted by atomic mass is 15.1. The van der Waals surface area contributed by atoms with Crippen molar-refractivity contribution in [1.29, 1.82) is 0 Å². The maximum atomic E-state index is 2.36. The van der Waals surface area contributed by atoms with Crippen LogP contribution in [0.5, 0.6) is 0 Å². The molecule has 0 N–H and O–H groups in total. The van der Waals surface area contributed by atoms with Gasteiger partial charge in [0.1, 0.15) is 0 Å². The second-order valence-electron chi connectivity index (χ2n) is 16.8. The number of benzene rings is 8. The third-order valence-corrected chi connectivity index (χ3v) is 12.4. The summed E-state index contributed by atoms with van der Waals surface area (Å²) in [6, 6.07) is 75.4. The van der Waals surface area contributed by atoms with E-state index in [9.17, 15) is 0 Å². The van der Waals surface area contributed by atoms with E-state index in [0.29, 0.717) is 11.8 Å². The molecule has 0 radical (unpaired) electrons. The van der Waals surface area contributed by atoms with Crippen LogP contribution in [-0.2, 0) is 0 Å². The van der Waals surface area contributed by atoms with Crippen LogP contribution in [0.3, 0.4) is 0 Å². The smallest absolute Gasteiger partial charge is 0.0462 e. The molecule has 8 aromatic carbocycles. The van der Waals surface area contributed by atoms with Gasteiger partial charge in [-0.2, -0.15) is 0 Å². The molecule has 10 rings (SSSR count). The summed E-state index contributed by atoms with van der Waals surface area (Å²) in [5, 5.41) is 0. The lowest BCUT2D eigenvalue weighted by Gasteiger charge is -2.28. The van der Waals surface area contributed by atoms with Gasteiger partial charge in [0, 0.05) is 34.1 Å². The monoisotopic (exact) mass is 778 g/mol. The SMILES string of the molecule is Cc1ccc(C)cc1.Cc1ccc(C2CC2c2ccc(N(c3ccccc3)c3ccc(-c4ccc(N(c5ccccc5)c5ccc(C6CCC6)cc5)cc4)cc3)cc2)cc1. The van der Waals surface area contributed by atoms with Crippen molar-refractivity contribution in [1.82, 2.24) is 0 Å². The minimum atomic E-state index is 0.602. The molecule has 0 bridgehead atoms. The molecule has 296 valence electrons. The van der Waals surface area contributed by atoms with Gasteiger partial charge in [-0.15, -0.1) is 0 Å². The van der Waals surface area contributed by atoms with E-state index in [2.05, 4.69) is 237 Å². The summed E-state index contributed by atoms with van der Waals surface area (Å²) in [7, 11) is 0. The van der Waals surface area contributed by atoms with Gasteiger partial charge in [-0.3, -0.25) is 0 Å². The first-order valence-electron chi connectivity index (χ1n) is 21.7. The van der Waals surface area contributed by atoms with Gasteiger partial charge in [0.2, 0.25) is 0 Å². The van der Waals surface area contributed by atoms with Gasteiger partial charge in [0.25, 0.3) is 0 Å². The highest BCUT2D eigenvalue weighted by molar-refractivity contribution is 5.81. The van der Waals surface area contributed by atoms with E-state index in [-0.39, 0.29) is 0 Å². The number of anilines is 6. The van der Waals surface area contributed by atoms with Crippen LogP contribution in [0.4, 0.5) is 34.1 Å². The van der Waals surface area contributed by atoms with E-state index < -0.39 is 0 Å². The van der Waals surface area contributed by atoms with Crippen molar-refractivity contribution in [3.63, 3.8) is 0 Å². The van der Waals surface area contributed by atoms with Crippen LogP contribution in [0, 0.1) is 20.8 Å². The third-order valence-electron chi connectivity index (χ3n) is 12.4. The van der Waals surface area contributed by atoms with Crippen LogP contribution < -0.4 is 9.80 Å². The summed E-state index contributed by atoms with van der Waals surface area (Å²) in [6.45, 7) is 6.35. The zero-order valence-corrected chi connectivity index (χ0v) is 35.1. The predicted molar refractivity (Wildman–Crippen MR) is 255 cm³/mol. The standard InChI is InChI=1S/C50H44N2.C8H10/c1-36-15-17-41(18-16-36)49-35-50(49)42-25-33-48(34-26-42)52(44-13-6-3-7-14-44)47-31-23-40(24-32-47)39-21-29-46(30-22-39)51(43-11-4-2-5-12-43)45-27-19-38(20-28-45)37-9-8-10-37;1-7-3-5-8(2)6-4-7/h2-7,11-34,37,49-50H,8-10,35H2,1H3;3-6H,1-2H3. The first-order valence-corrected chi connectivity index (χ1v) is 21.7. The van der Waals surface area contributed by atoms with Crippen LogP contribution in [0.2, 0.25) is 0 Å². The topological polar surface area (TPSA) is 6.48 Å². The Bertz CT molecular complexity index is 2550. The fourth-order valence-electron chi connectivity index (χ4n) is 8.54. The number of nitrogens with zero attached hydrogens (tertiary/aromatic N) is 2. The summed E-state index contributed by atoms with van der Waals surface area (Å²) in [6.07, 6.45) is 5.22. The van der Waals surface area contributed by atoms with Crippen LogP contribution >= 0.6 is 0 Å². The highest BCUT2D eigenvalue weighted by Crippen LogP contribution is 2.55. The van der Waals surface area contributed by atoms with Gasteiger partial charge in [0.15, 0.2) is 0 Å². The molecule has 0 aliphatic heterocycles. The Morgan fingerprint density at radius 1 is 0.317 bits per heavy atom. The summed E-state index contributed by atoms with van der Waals surface area (Å²) in [5.41, 5.74) is 17.7. The Balaban J connectivity index is 0.000000520. The average molecular weight is 779 g/mol. The first-order chi connectivity index (χ1) is 29.5. The predicted octanol–water partition coefficient (Wildman–Crippen LogP) is 16.4. The van der Waals surface area contributed by atoms with E-state index in [1.54, 1.807) is 0 Å². The summed E-state index contributed by atoms with van der Waals surface area (Å²) < 4.78 is 0. The molecular weight excluding hydrogens is 725 g/mol. The van der Waals surface area contributed by atoms with Crippen molar-refractivity contribution in [2.24, 2.45) is 0 Å². The molecule has 8 aromatic rings. The van der Waals surface area contributed by atoms with Crippen LogP contribution in [-0.4, -0.2) is 0 Å². The molecule has 60 heavy (non-hydrogen) atoms. The quantitative estimate of drug-likeness (QED) is 0.136. The van der Waals surface area contributed by atoms with Crippen molar-refractivity contribution in [2.45, 2.75) is 64.2 Å². The largest absolute Gasteiger partial charge is 0.311 e. The zero-order valence-electron chi connectivity index (χ0n) is 35.1. The maximum absolute atomic E-state index is 2.36. The zero-order chi connectivity index (χ0) is 40.8.